The third-order valence-electron chi connectivity index (χ3n) is 3.56. The van der Waals surface area contributed by atoms with Crippen molar-refractivity contribution in [2.75, 3.05) is 6.61 Å². The molecule has 1 atom stereocenters. The number of ether oxygens (including phenoxy) is 2. The van der Waals surface area contributed by atoms with Gasteiger partial charge in [0.15, 0.2) is 0 Å². The van der Waals surface area contributed by atoms with Crippen LogP contribution in [0, 0.1) is 0 Å². The van der Waals surface area contributed by atoms with Gasteiger partial charge in [-0.1, -0.05) is 19.3 Å². The van der Waals surface area contributed by atoms with Crippen LogP contribution in [-0.4, -0.2) is 36.1 Å². The Labute approximate surface area is 144 Å². The zero-order valence-electron chi connectivity index (χ0n) is 15.1. The van der Waals surface area contributed by atoms with Crippen LogP contribution >= 0.6 is 0 Å². The lowest BCUT2D eigenvalue weighted by Gasteiger charge is -2.21. The van der Waals surface area contributed by atoms with Crippen molar-refractivity contribution in [3.8, 4) is 0 Å². The standard InChI is InChI=1S/C18H29NO5/c1-5-23-17(22)14-11-9-7-6-8-10-13(16(21)19-14)12-15(20)24-18(2,3)4/h12,14H,5-11H2,1-4H3,(H,19,21)/b13-12+. The summed E-state index contributed by atoms with van der Waals surface area (Å²) < 4.78 is 10.3. The molecule has 1 aliphatic rings. The molecule has 0 aromatic rings. The molecule has 0 aliphatic carbocycles. The fourth-order valence-corrected chi connectivity index (χ4v) is 2.48. The summed E-state index contributed by atoms with van der Waals surface area (Å²) in [5.41, 5.74) is -0.269. The third kappa shape index (κ3) is 7.62. The lowest BCUT2D eigenvalue weighted by atomic mass is 10.00. The first-order chi connectivity index (χ1) is 11.2. The molecule has 0 aromatic heterocycles. The second kappa shape index (κ2) is 9.45. The molecular formula is C18H29NO5. The van der Waals surface area contributed by atoms with Gasteiger partial charge >= 0.3 is 11.9 Å². The highest BCUT2D eigenvalue weighted by molar-refractivity contribution is 6.01. The van der Waals surface area contributed by atoms with Crippen LogP contribution in [0.15, 0.2) is 11.6 Å². The molecule has 1 N–H and O–H groups in total. The molecule has 0 saturated carbocycles. The fourth-order valence-electron chi connectivity index (χ4n) is 2.48. The van der Waals surface area contributed by atoms with E-state index < -0.39 is 29.5 Å². The molecule has 0 radical (unpaired) electrons. The molecule has 1 fully saturated rings. The second-order valence-electron chi connectivity index (χ2n) is 6.93. The van der Waals surface area contributed by atoms with Crippen LogP contribution in [0.5, 0.6) is 0 Å². The van der Waals surface area contributed by atoms with E-state index >= 15 is 0 Å². The zero-order valence-corrected chi connectivity index (χ0v) is 15.1. The fraction of sp³-hybridized carbons (Fsp3) is 0.722. The number of nitrogens with one attached hydrogen (secondary N) is 1. The number of hydrogen-bond acceptors (Lipinski definition) is 5. The molecule has 0 spiro atoms. The first-order valence-corrected chi connectivity index (χ1v) is 8.64. The van der Waals surface area contributed by atoms with Crippen molar-refractivity contribution in [2.24, 2.45) is 0 Å². The number of rotatable bonds is 3. The molecule has 1 amide bonds. The highest BCUT2D eigenvalue weighted by Gasteiger charge is 2.25. The maximum absolute atomic E-state index is 12.5. The van der Waals surface area contributed by atoms with E-state index in [-0.39, 0.29) is 6.61 Å². The quantitative estimate of drug-likeness (QED) is 0.631. The minimum absolute atomic E-state index is 0.270. The maximum Gasteiger partial charge on any atom is 0.331 e. The third-order valence-corrected chi connectivity index (χ3v) is 3.56. The molecule has 24 heavy (non-hydrogen) atoms. The van der Waals surface area contributed by atoms with Crippen molar-refractivity contribution < 1.29 is 23.9 Å². The predicted octanol–water partition coefficient (Wildman–Crippen LogP) is 2.66. The smallest absolute Gasteiger partial charge is 0.331 e. The van der Waals surface area contributed by atoms with Crippen molar-refractivity contribution in [3.05, 3.63) is 11.6 Å². The Bertz CT molecular complexity index is 490. The summed E-state index contributed by atoms with van der Waals surface area (Å²) in [4.78, 5) is 36.4. The summed E-state index contributed by atoms with van der Waals surface area (Å²) in [6.45, 7) is 7.31. The highest BCUT2D eigenvalue weighted by atomic mass is 16.6. The number of hydrogen-bond donors (Lipinski definition) is 1. The van der Waals surface area contributed by atoms with Crippen molar-refractivity contribution in [1.29, 1.82) is 0 Å². The Kier molecular flexibility index (Phi) is 7.95. The first kappa shape index (κ1) is 20.2. The maximum atomic E-state index is 12.5. The van der Waals surface area contributed by atoms with Gasteiger partial charge in [0.2, 0.25) is 5.91 Å². The van der Waals surface area contributed by atoms with E-state index in [1.165, 1.54) is 6.08 Å². The molecule has 1 heterocycles. The summed E-state index contributed by atoms with van der Waals surface area (Å²) >= 11 is 0. The number of esters is 2. The summed E-state index contributed by atoms with van der Waals surface area (Å²) in [6, 6.07) is -0.669. The second-order valence-corrected chi connectivity index (χ2v) is 6.93. The summed E-state index contributed by atoms with van der Waals surface area (Å²) in [5.74, 6) is -1.37. The molecule has 0 bridgehead atoms. The van der Waals surface area contributed by atoms with E-state index in [4.69, 9.17) is 9.47 Å². The molecule has 0 aromatic carbocycles. The topological polar surface area (TPSA) is 81.7 Å². The summed E-state index contributed by atoms with van der Waals surface area (Å²) in [5, 5.41) is 2.70. The van der Waals surface area contributed by atoms with E-state index in [0.29, 0.717) is 18.4 Å². The van der Waals surface area contributed by atoms with E-state index in [0.717, 1.165) is 25.7 Å². The lowest BCUT2D eigenvalue weighted by Crippen LogP contribution is -2.42. The van der Waals surface area contributed by atoms with Crippen LogP contribution in [0.1, 0.15) is 66.2 Å². The Morgan fingerprint density at radius 3 is 2.50 bits per heavy atom. The molecule has 6 nitrogen and oxygen atoms in total. The number of carbonyl (C=O) groups excluding carboxylic acids is 3. The predicted molar refractivity (Wildman–Crippen MR) is 90.2 cm³/mol. The van der Waals surface area contributed by atoms with Crippen LogP contribution in [0.2, 0.25) is 0 Å². The van der Waals surface area contributed by atoms with Gasteiger partial charge in [-0.15, -0.1) is 0 Å². The Morgan fingerprint density at radius 2 is 1.88 bits per heavy atom. The van der Waals surface area contributed by atoms with Gasteiger partial charge in [-0.3, -0.25) is 4.79 Å². The SMILES string of the molecule is CCOC(=O)C1CCCCCC/C(=C\C(=O)OC(C)(C)C)C(=O)N1. The summed E-state index contributed by atoms with van der Waals surface area (Å²) in [6.07, 6.45) is 5.89. The average molecular weight is 339 g/mol. The average Bonchev–Trinajstić information content (AvgIpc) is 2.46. The Hall–Kier alpha value is -1.85. The number of carbonyl (C=O) groups is 3. The van der Waals surface area contributed by atoms with Gasteiger partial charge < -0.3 is 14.8 Å². The van der Waals surface area contributed by atoms with Crippen LogP contribution < -0.4 is 5.32 Å². The Morgan fingerprint density at radius 1 is 1.21 bits per heavy atom. The van der Waals surface area contributed by atoms with Crippen molar-refractivity contribution >= 4 is 17.8 Å². The van der Waals surface area contributed by atoms with Crippen LogP contribution in [0.25, 0.3) is 0 Å². The van der Waals surface area contributed by atoms with Gasteiger partial charge in [0, 0.05) is 11.6 Å². The van der Waals surface area contributed by atoms with Crippen LogP contribution in [0.4, 0.5) is 0 Å². The zero-order chi connectivity index (χ0) is 18.2. The Balaban J connectivity index is 2.87. The van der Waals surface area contributed by atoms with E-state index in [9.17, 15) is 14.4 Å². The molecule has 1 rings (SSSR count). The molecular weight excluding hydrogens is 310 g/mol. The van der Waals surface area contributed by atoms with E-state index in [2.05, 4.69) is 5.32 Å². The highest BCUT2D eigenvalue weighted by Crippen LogP contribution is 2.17. The van der Waals surface area contributed by atoms with E-state index in [1.807, 2.05) is 0 Å². The molecule has 6 heteroatoms. The van der Waals surface area contributed by atoms with Crippen molar-refractivity contribution in [2.45, 2.75) is 77.9 Å². The monoisotopic (exact) mass is 339 g/mol. The van der Waals surface area contributed by atoms with Gasteiger partial charge in [0.1, 0.15) is 11.6 Å². The van der Waals surface area contributed by atoms with Crippen LogP contribution in [-0.2, 0) is 23.9 Å². The lowest BCUT2D eigenvalue weighted by molar-refractivity contribution is -0.148. The van der Waals surface area contributed by atoms with Gasteiger partial charge in [-0.2, -0.15) is 0 Å². The molecule has 136 valence electrons. The van der Waals surface area contributed by atoms with Gasteiger partial charge in [0.25, 0.3) is 0 Å². The van der Waals surface area contributed by atoms with Gasteiger partial charge in [0.05, 0.1) is 6.61 Å². The van der Waals surface area contributed by atoms with Gasteiger partial charge in [-0.25, -0.2) is 9.59 Å². The molecule has 1 saturated heterocycles. The first-order valence-electron chi connectivity index (χ1n) is 8.64. The normalized spacial score (nSPS) is 21.8. The van der Waals surface area contributed by atoms with E-state index in [1.54, 1.807) is 27.7 Å². The van der Waals surface area contributed by atoms with Crippen molar-refractivity contribution in [1.82, 2.24) is 5.32 Å². The van der Waals surface area contributed by atoms with Crippen LogP contribution in [0.3, 0.4) is 0 Å². The summed E-state index contributed by atoms with van der Waals surface area (Å²) in [7, 11) is 0. The minimum atomic E-state index is -0.669. The largest absolute Gasteiger partial charge is 0.464 e. The molecule has 1 aliphatic heterocycles. The van der Waals surface area contributed by atoms with Crippen molar-refractivity contribution in [3.63, 3.8) is 0 Å². The molecule has 1 unspecified atom stereocenters. The minimum Gasteiger partial charge on any atom is -0.464 e. The van der Waals surface area contributed by atoms with Gasteiger partial charge in [-0.05, 0) is 47.0 Å². The number of amides is 1.